The van der Waals surface area contributed by atoms with Crippen molar-refractivity contribution < 1.29 is 22.8 Å². The van der Waals surface area contributed by atoms with Crippen molar-refractivity contribution in [3.8, 4) is 0 Å². The number of carbonyl (C=O) groups excluding carboxylic acids is 2. The zero-order valence-electron chi connectivity index (χ0n) is 18.5. The number of nitrogens with zero attached hydrogens (tertiary/aromatic N) is 2. The molecule has 2 amide bonds. The SMILES string of the molecule is CCCn1c(SCC(=O)NCC(=O)Nc2c(C)cccc2C)nc2ccc(C(F)(F)F)cc21. The lowest BCUT2D eigenvalue weighted by atomic mass is 10.1. The zero-order chi connectivity index (χ0) is 24.2. The third-order valence-corrected chi connectivity index (χ3v) is 5.99. The number of fused-ring (bicyclic) bond motifs is 1. The normalized spacial score (nSPS) is 11.6. The number of carbonyl (C=O) groups is 2. The van der Waals surface area contributed by atoms with Crippen LogP contribution in [-0.2, 0) is 22.3 Å². The van der Waals surface area contributed by atoms with Gasteiger partial charge in [0.15, 0.2) is 5.16 Å². The van der Waals surface area contributed by atoms with Gasteiger partial charge in [-0.2, -0.15) is 13.2 Å². The van der Waals surface area contributed by atoms with E-state index in [-0.39, 0.29) is 24.1 Å². The highest BCUT2D eigenvalue weighted by Crippen LogP contribution is 2.33. The van der Waals surface area contributed by atoms with Gasteiger partial charge in [-0.1, -0.05) is 36.9 Å². The van der Waals surface area contributed by atoms with E-state index in [0.29, 0.717) is 29.2 Å². The Hall–Kier alpha value is -3.01. The fourth-order valence-electron chi connectivity index (χ4n) is 3.38. The van der Waals surface area contributed by atoms with Gasteiger partial charge in [0.1, 0.15) is 0 Å². The highest BCUT2D eigenvalue weighted by atomic mass is 32.2. The van der Waals surface area contributed by atoms with Crippen LogP contribution in [0, 0.1) is 13.8 Å². The first-order valence-electron chi connectivity index (χ1n) is 10.4. The van der Waals surface area contributed by atoms with E-state index in [1.165, 1.54) is 6.07 Å². The van der Waals surface area contributed by atoms with Gasteiger partial charge in [-0.05, 0) is 49.6 Å². The Morgan fingerprint density at radius 3 is 2.42 bits per heavy atom. The molecule has 6 nitrogen and oxygen atoms in total. The summed E-state index contributed by atoms with van der Waals surface area (Å²) in [6, 6.07) is 9.10. The maximum atomic E-state index is 13.1. The van der Waals surface area contributed by atoms with Crippen molar-refractivity contribution in [2.75, 3.05) is 17.6 Å². The van der Waals surface area contributed by atoms with Crippen molar-refractivity contribution in [1.29, 1.82) is 0 Å². The monoisotopic (exact) mass is 478 g/mol. The number of nitrogens with one attached hydrogen (secondary N) is 2. The molecule has 3 aromatic rings. The number of hydrogen-bond acceptors (Lipinski definition) is 4. The Morgan fingerprint density at radius 1 is 1.09 bits per heavy atom. The lowest BCUT2D eigenvalue weighted by Crippen LogP contribution is -2.34. The summed E-state index contributed by atoms with van der Waals surface area (Å²) in [5, 5.41) is 5.83. The van der Waals surface area contributed by atoms with Crippen LogP contribution in [0.3, 0.4) is 0 Å². The van der Waals surface area contributed by atoms with E-state index in [1.54, 1.807) is 4.57 Å². The van der Waals surface area contributed by atoms with Crippen LogP contribution in [-0.4, -0.2) is 33.7 Å². The summed E-state index contributed by atoms with van der Waals surface area (Å²) in [4.78, 5) is 28.9. The number of benzene rings is 2. The van der Waals surface area contributed by atoms with Gasteiger partial charge in [0, 0.05) is 12.2 Å². The van der Waals surface area contributed by atoms with Gasteiger partial charge in [-0.15, -0.1) is 0 Å². The van der Waals surface area contributed by atoms with Gasteiger partial charge in [0.25, 0.3) is 0 Å². The van der Waals surface area contributed by atoms with Gasteiger partial charge in [0.2, 0.25) is 11.8 Å². The van der Waals surface area contributed by atoms with Crippen molar-refractivity contribution in [3.05, 3.63) is 53.1 Å². The average molecular weight is 479 g/mol. The highest BCUT2D eigenvalue weighted by molar-refractivity contribution is 7.99. The van der Waals surface area contributed by atoms with Crippen LogP contribution in [0.1, 0.15) is 30.0 Å². The maximum Gasteiger partial charge on any atom is 0.416 e. The standard InChI is InChI=1S/C23H25F3N4O2S/c1-4-10-30-18-11-16(23(24,25)26)8-9-17(18)28-22(30)33-13-20(32)27-12-19(31)29-21-14(2)6-5-7-15(21)3/h5-9,11H,4,10,12-13H2,1-3H3,(H,27,32)(H,29,31). The average Bonchev–Trinajstić information content (AvgIpc) is 3.10. The van der Waals surface area contributed by atoms with E-state index < -0.39 is 11.7 Å². The van der Waals surface area contributed by atoms with Crippen LogP contribution >= 0.6 is 11.8 Å². The molecule has 0 aliphatic heterocycles. The van der Waals surface area contributed by atoms with Crippen molar-refractivity contribution in [2.24, 2.45) is 0 Å². The molecular formula is C23H25F3N4O2S. The number of thioether (sulfide) groups is 1. The molecule has 1 heterocycles. The fourth-order valence-corrected chi connectivity index (χ4v) is 4.25. The highest BCUT2D eigenvalue weighted by Gasteiger charge is 2.31. The van der Waals surface area contributed by atoms with E-state index >= 15 is 0 Å². The Balaban J connectivity index is 1.63. The Kier molecular flexibility index (Phi) is 7.68. The largest absolute Gasteiger partial charge is 0.416 e. The van der Waals surface area contributed by atoms with Crippen molar-refractivity contribution in [1.82, 2.24) is 14.9 Å². The Labute approximate surface area is 194 Å². The van der Waals surface area contributed by atoms with Crippen molar-refractivity contribution in [3.63, 3.8) is 0 Å². The fraction of sp³-hybridized carbons (Fsp3) is 0.348. The van der Waals surface area contributed by atoms with Gasteiger partial charge in [-0.3, -0.25) is 9.59 Å². The zero-order valence-corrected chi connectivity index (χ0v) is 19.4. The molecule has 33 heavy (non-hydrogen) atoms. The minimum atomic E-state index is -4.44. The quantitative estimate of drug-likeness (QED) is 0.450. The van der Waals surface area contributed by atoms with Gasteiger partial charge in [-0.25, -0.2) is 4.98 Å². The summed E-state index contributed by atoms with van der Waals surface area (Å²) in [6.45, 7) is 5.97. The van der Waals surface area contributed by atoms with Crippen molar-refractivity contribution >= 4 is 40.3 Å². The van der Waals surface area contributed by atoms with Crippen molar-refractivity contribution in [2.45, 2.75) is 45.1 Å². The van der Waals surface area contributed by atoms with E-state index in [2.05, 4.69) is 15.6 Å². The predicted octanol–water partition coefficient (Wildman–Crippen LogP) is 4.93. The number of aryl methyl sites for hydroxylation is 3. The molecule has 0 bridgehead atoms. The number of rotatable bonds is 8. The second-order valence-electron chi connectivity index (χ2n) is 7.63. The molecule has 0 aliphatic rings. The number of anilines is 1. The molecule has 0 unspecified atom stereocenters. The van der Waals surface area contributed by atoms with E-state index in [1.807, 2.05) is 39.0 Å². The molecule has 10 heteroatoms. The van der Waals surface area contributed by atoms with Crippen LogP contribution in [0.2, 0.25) is 0 Å². The second-order valence-corrected chi connectivity index (χ2v) is 8.57. The third kappa shape index (κ3) is 6.07. The molecule has 0 fully saturated rings. The lowest BCUT2D eigenvalue weighted by Gasteiger charge is -2.12. The van der Waals surface area contributed by atoms with Gasteiger partial charge in [0.05, 0.1) is 28.9 Å². The number of alkyl halides is 3. The van der Waals surface area contributed by atoms with E-state index in [9.17, 15) is 22.8 Å². The number of hydrogen-bond donors (Lipinski definition) is 2. The summed E-state index contributed by atoms with van der Waals surface area (Å²) in [5.41, 5.74) is 2.64. The second kappa shape index (κ2) is 10.3. The molecule has 2 N–H and O–H groups in total. The molecule has 176 valence electrons. The van der Waals surface area contributed by atoms with Gasteiger partial charge < -0.3 is 15.2 Å². The smallest absolute Gasteiger partial charge is 0.346 e. The summed E-state index contributed by atoms with van der Waals surface area (Å²) in [7, 11) is 0. The van der Waals surface area contributed by atoms with Crippen LogP contribution in [0.5, 0.6) is 0 Å². The predicted molar refractivity (Wildman–Crippen MR) is 123 cm³/mol. The Bertz CT molecular complexity index is 1150. The number of amides is 2. The van der Waals surface area contributed by atoms with E-state index in [0.717, 1.165) is 40.7 Å². The molecule has 1 aromatic heterocycles. The molecule has 2 aromatic carbocycles. The summed E-state index contributed by atoms with van der Waals surface area (Å²) in [5.74, 6) is -0.734. The van der Waals surface area contributed by atoms with Crippen LogP contribution in [0.25, 0.3) is 11.0 Å². The van der Waals surface area contributed by atoms with Gasteiger partial charge >= 0.3 is 6.18 Å². The summed E-state index contributed by atoms with van der Waals surface area (Å²) >= 11 is 1.12. The van der Waals surface area contributed by atoms with Crippen LogP contribution in [0.15, 0.2) is 41.6 Å². The summed E-state index contributed by atoms with van der Waals surface area (Å²) < 4.78 is 41.0. The third-order valence-electron chi connectivity index (χ3n) is 5.01. The molecule has 0 saturated carbocycles. The van der Waals surface area contributed by atoms with Crippen LogP contribution in [0.4, 0.5) is 18.9 Å². The molecule has 0 aliphatic carbocycles. The number of halogens is 3. The number of para-hydroxylation sites is 1. The number of aromatic nitrogens is 2. The Morgan fingerprint density at radius 2 is 1.79 bits per heavy atom. The molecular weight excluding hydrogens is 453 g/mol. The molecule has 3 rings (SSSR count). The maximum absolute atomic E-state index is 13.1. The first-order valence-corrected chi connectivity index (χ1v) is 11.4. The lowest BCUT2D eigenvalue weighted by molar-refractivity contribution is -0.137. The topological polar surface area (TPSA) is 76.0 Å². The summed E-state index contributed by atoms with van der Waals surface area (Å²) in [6.07, 6.45) is -3.75. The molecule has 0 saturated heterocycles. The molecule has 0 atom stereocenters. The minimum Gasteiger partial charge on any atom is -0.346 e. The number of imidazole rings is 1. The van der Waals surface area contributed by atoms with E-state index in [4.69, 9.17) is 0 Å². The minimum absolute atomic E-state index is 0.0180. The van der Waals surface area contributed by atoms with Crippen LogP contribution < -0.4 is 10.6 Å². The molecule has 0 radical (unpaired) electrons. The first kappa shape index (κ1) is 24.6. The molecule has 0 spiro atoms. The first-order chi connectivity index (χ1) is 15.6.